The first-order valence-electron chi connectivity index (χ1n) is 7.31. The van der Waals surface area contributed by atoms with Crippen LogP contribution in [0.25, 0.3) is 0 Å². The summed E-state index contributed by atoms with van der Waals surface area (Å²) >= 11 is 0. The summed E-state index contributed by atoms with van der Waals surface area (Å²) in [6, 6.07) is 4.81. The summed E-state index contributed by atoms with van der Waals surface area (Å²) in [4.78, 5) is 25.0. The zero-order valence-corrected chi connectivity index (χ0v) is 12.7. The molecule has 0 saturated heterocycles. The lowest BCUT2D eigenvalue weighted by Crippen LogP contribution is -2.41. The van der Waals surface area contributed by atoms with Crippen molar-refractivity contribution in [3.8, 4) is 0 Å². The highest BCUT2D eigenvalue weighted by atomic mass is 16.4. The van der Waals surface area contributed by atoms with Crippen molar-refractivity contribution in [2.24, 2.45) is 11.8 Å². The highest BCUT2D eigenvalue weighted by Crippen LogP contribution is 2.29. The second-order valence-electron chi connectivity index (χ2n) is 5.96. The number of urea groups is 1. The minimum absolute atomic E-state index is 0.149. The van der Waals surface area contributed by atoms with Gasteiger partial charge in [0, 0.05) is 18.8 Å². The molecule has 1 unspecified atom stereocenters. The third kappa shape index (κ3) is 3.35. The third-order valence-corrected chi connectivity index (χ3v) is 4.19. The standard InChI is InChI=1S/C16H22N2O3/c1-10(2)11(3)9-17-16(21)18-7-6-12-4-5-13(15(19)20)8-14(12)18/h4-5,8,10-11H,6-7,9H2,1-3H3,(H,17,21)(H,19,20). The number of carbonyl (C=O) groups excluding carboxylic acids is 1. The van der Waals surface area contributed by atoms with Crippen molar-refractivity contribution in [2.75, 3.05) is 18.0 Å². The number of fused-ring (bicyclic) bond motifs is 1. The van der Waals surface area contributed by atoms with Crippen LogP contribution in [-0.2, 0) is 6.42 Å². The van der Waals surface area contributed by atoms with Gasteiger partial charge in [0.05, 0.1) is 5.56 Å². The van der Waals surface area contributed by atoms with E-state index < -0.39 is 5.97 Å². The average Bonchev–Trinajstić information content (AvgIpc) is 2.86. The molecule has 1 aromatic carbocycles. The molecular formula is C16H22N2O3. The van der Waals surface area contributed by atoms with Crippen LogP contribution in [0.2, 0.25) is 0 Å². The van der Waals surface area contributed by atoms with E-state index in [1.807, 2.05) is 0 Å². The molecule has 21 heavy (non-hydrogen) atoms. The quantitative estimate of drug-likeness (QED) is 0.895. The molecule has 0 fully saturated rings. The zero-order valence-electron chi connectivity index (χ0n) is 12.7. The van der Waals surface area contributed by atoms with Crippen LogP contribution in [0.15, 0.2) is 18.2 Å². The number of nitrogens with zero attached hydrogens (tertiary/aromatic N) is 1. The molecule has 1 heterocycles. The first-order valence-corrected chi connectivity index (χ1v) is 7.31. The van der Waals surface area contributed by atoms with E-state index >= 15 is 0 Å². The number of hydrogen-bond acceptors (Lipinski definition) is 2. The van der Waals surface area contributed by atoms with E-state index in [-0.39, 0.29) is 11.6 Å². The molecule has 1 aromatic rings. The lowest BCUT2D eigenvalue weighted by molar-refractivity contribution is 0.0697. The fourth-order valence-electron chi connectivity index (χ4n) is 2.30. The van der Waals surface area contributed by atoms with E-state index in [1.54, 1.807) is 23.1 Å². The topological polar surface area (TPSA) is 69.6 Å². The first kappa shape index (κ1) is 15.4. The van der Waals surface area contributed by atoms with Crippen LogP contribution in [0.5, 0.6) is 0 Å². The summed E-state index contributed by atoms with van der Waals surface area (Å²) in [5, 5.41) is 12.0. The maximum Gasteiger partial charge on any atom is 0.335 e. The van der Waals surface area contributed by atoms with Crippen LogP contribution in [0.3, 0.4) is 0 Å². The summed E-state index contributed by atoms with van der Waals surface area (Å²) in [5.41, 5.74) is 1.95. The van der Waals surface area contributed by atoms with Crippen LogP contribution in [0.1, 0.15) is 36.7 Å². The highest BCUT2D eigenvalue weighted by Gasteiger charge is 2.25. The molecule has 1 aliphatic heterocycles. The number of benzene rings is 1. The van der Waals surface area contributed by atoms with Gasteiger partial charge < -0.3 is 10.4 Å². The SMILES string of the molecule is CC(C)C(C)CNC(=O)N1CCc2ccc(C(=O)O)cc21. The fraction of sp³-hybridized carbons (Fsp3) is 0.500. The van der Waals surface area contributed by atoms with Crippen molar-refractivity contribution in [3.05, 3.63) is 29.3 Å². The number of carboxylic acid groups (broad SMARTS) is 1. The van der Waals surface area contributed by atoms with E-state index in [4.69, 9.17) is 5.11 Å². The first-order chi connectivity index (χ1) is 9.90. The van der Waals surface area contributed by atoms with Crippen LogP contribution in [0, 0.1) is 11.8 Å². The molecule has 2 rings (SSSR count). The lowest BCUT2D eigenvalue weighted by Gasteiger charge is -2.21. The van der Waals surface area contributed by atoms with E-state index in [2.05, 4.69) is 26.1 Å². The van der Waals surface area contributed by atoms with Crippen LogP contribution >= 0.6 is 0 Å². The van der Waals surface area contributed by atoms with E-state index in [9.17, 15) is 9.59 Å². The number of aromatic carboxylic acids is 1. The van der Waals surface area contributed by atoms with E-state index in [1.165, 1.54) is 0 Å². The van der Waals surface area contributed by atoms with Gasteiger partial charge in [-0.05, 0) is 36.0 Å². The largest absolute Gasteiger partial charge is 0.478 e. The number of amides is 2. The number of carboxylic acids is 1. The molecule has 5 nitrogen and oxygen atoms in total. The Balaban J connectivity index is 2.09. The molecule has 1 atom stereocenters. The van der Waals surface area contributed by atoms with Crippen LogP contribution < -0.4 is 10.2 Å². The molecule has 1 aliphatic rings. The Bertz CT molecular complexity index is 554. The van der Waals surface area contributed by atoms with Gasteiger partial charge in [0.2, 0.25) is 0 Å². The molecule has 2 amide bonds. The van der Waals surface area contributed by atoms with Crippen LogP contribution in [-0.4, -0.2) is 30.2 Å². The second kappa shape index (κ2) is 6.16. The highest BCUT2D eigenvalue weighted by molar-refractivity contribution is 5.96. The summed E-state index contributed by atoms with van der Waals surface area (Å²) in [7, 11) is 0. The summed E-state index contributed by atoms with van der Waals surface area (Å²) in [6.45, 7) is 7.58. The summed E-state index contributed by atoms with van der Waals surface area (Å²) in [5.74, 6) is -0.0605. The van der Waals surface area contributed by atoms with Gasteiger partial charge in [-0.25, -0.2) is 9.59 Å². The minimum Gasteiger partial charge on any atom is -0.478 e. The Morgan fingerprint density at radius 1 is 1.33 bits per heavy atom. The van der Waals surface area contributed by atoms with Crippen molar-refractivity contribution in [3.63, 3.8) is 0 Å². The van der Waals surface area contributed by atoms with Crippen molar-refractivity contribution in [1.82, 2.24) is 5.32 Å². The molecule has 0 aliphatic carbocycles. The van der Waals surface area contributed by atoms with Crippen molar-refractivity contribution in [2.45, 2.75) is 27.2 Å². The number of anilines is 1. The second-order valence-corrected chi connectivity index (χ2v) is 5.96. The van der Waals surface area contributed by atoms with E-state index in [0.29, 0.717) is 30.6 Å². The monoisotopic (exact) mass is 290 g/mol. The summed E-state index contributed by atoms with van der Waals surface area (Å²) in [6.07, 6.45) is 0.766. The molecule has 0 aromatic heterocycles. The molecule has 0 radical (unpaired) electrons. The van der Waals surface area contributed by atoms with Gasteiger partial charge in [-0.2, -0.15) is 0 Å². The Morgan fingerprint density at radius 3 is 2.67 bits per heavy atom. The molecular weight excluding hydrogens is 268 g/mol. The van der Waals surface area contributed by atoms with Gasteiger partial charge in [0.25, 0.3) is 0 Å². The molecule has 114 valence electrons. The Kier molecular flexibility index (Phi) is 4.50. The minimum atomic E-state index is -0.974. The number of carbonyl (C=O) groups is 2. The maximum absolute atomic E-state index is 12.3. The maximum atomic E-state index is 12.3. The van der Waals surface area contributed by atoms with Crippen molar-refractivity contribution in [1.29, 1.82) is 0 Å². The number of hydrogen-bond donors (Lipinski definition) is 2. The summed E-state index contributed by atoms with van der Waals surface area (Å²) < 4.78 is 0. The molecule has 5 heteroatoms. The molecule has 0 spiro atoms. The van der Waals surface area contributed by atoms with Gasteiger partial charge in [-0.1, -0.05) is 26.8 Å². The van der Waals surface area contributed by atoms with E-state index in [0.717, 1.165) is 12.0 Å². The lowest BCUT2D eigenvalue weighted by atomic mass is 9.98. The number of rotatable bonds is 4. The van der Waals surface area contributed by atoms with Gasteiger partial charge in [0.1, 0.15) is 0 Å². The smallest absolute Gasteiger partial charge is 0.335 e. The normalized spacial score (nSPS) is 15.0. The van der Waals surface area contributed by atoms with Gasteiger partial charge >= 0.3 is 12.0 Å². The van der Waals surface area contributed by atoms with Crippen LogP contribution in [0.4, 0.5) is 10.5 Å². The third-order valence-electron chi connectivity index (χ3n) is 4.19. The Hall–Kier alpha value is -2.04. The molecule has 2 N–H and O–H groups in total. The Labute approximate surface area is 125 Å². The van der Waals surface area contributed by atoms with Crippen molar-refractivity contribution >= 4 is 17.7 Å². The predicted molar refractivity (Wildman–Crippen MR) is 81.9 cm³/mol. The van der Waals surface area contributed by atoms with Gasteiger partial charge in [-0.3, -0.25) is 4.90 Å². The number of nitrogens with one attached hydrogen (secondary N) is 1. The van der Waals surface area contributed by atoms with Gasteiger partial charge in [-0.15, -0.1) is 0 Å². The zero-order chi connectivity index (χ0) is 15.6. The average molecular weight is 290 g/mol. The molecule has 0 bridgehead atoms. The molecule has 0 saturated carbocycles. The Morgan fingerprint density at radius 2 is 2.05 bits per heavy atom. The fourth-order valence-corrected chi connectivity index (χ4v) is 2.30. The van der Waals surface area contributed by atoms with Crippen molar-refractivity contribution < 1.29 is 14.7 Å². The predicted octanol–water partition coefficient (Wildman–Crippen LogP) is 2.75. The van der Waals surface area contributed by atoms with Gasteiger partial charge in [0.15, 0.2) is 0 Å².